The standard InChI is InChI=1S/C14H25NO2S.C2H6/c1-2-13-18-15(16)10-6-11-17-12-9-14-7-4-3-5-8-14;1-2/h4,7-8,16H,2-3,5-6,9-13H2,1H3;1-2H3. The van der Waals surface area contributed by atoms with Crippen LogP contribution in [0.4, 0.5) is 0 Å². The third-order valence-corrected chi connectivity index (χ3v) is 3.76. The lowest BCUT2D eigenvalue weighted by atomic mass is 10.1. The van der Waals surface area contributed by atoms with Crippen molar-refractivity contribution in [3.8, 4) is 0 Å². The lowest BCUT2D eigenvalue weighted by molar-refractivity contribution is 0.00769. The molecule has 4 heteroatoms. The molecule has 1 aliphatic rings. The van der Waals surface area contributed by atoms with Crippen LogP contribution in [0.5, 0.6) is 0 Å². The number of hydrogen-bond donors (Lipinski definition) is 1. The van der Waals surface area contributed by atoms with Crippen LogP contribution in [0, 0.1) is 0 Å². The van der Waals surface area contributed by atoms with E-state index in [1.807, 2.05) is 13.8 Å². The molecule has 118 valence electrons. The van der Waals surface area contributed by atoms with Gasteiger partial charge in [0.1, 0.15) is 0 Å². The van der Waals surface area contributed by atoms with Crippen molar-refractivity contribution in [2.75, 3.05) is 25.5 Å². The van der Waals surface area contributed by atoms with Gasteiger partial charge in [0.25, 0.3) is 0 Å². The van der Waals surface area contributed by atoms with Crippen LogP contribution in [0.3, 0.4) is 0 Å². The van der Waals surface area contributed by atoms with Gasteiger partial charge in [-0.3, -0.25) is 0 Å². The fourth-order valence-electron chi connectivity index (χ4n) is 1.71. The summed E-state index contributed by atoms with van der Waals surface area (Å²) in [4.78, 5) is 0. The zero-order valence-corrected chi connectivity index (χ0v) is 14.1. The second-order valence-electron chi connectivity index (χ2n) is 4.38. The Bertz CT molecular complexity index is 267. The smallest absolute Gasteiger partial charge is 0.0506 e. The van der Waals surface area contributed by atoms with Gasteiger partial charge in [-0.2, -0.15) is 0 Å². The van der Waals surface area contributed by atoms with Crippen molar-refractivity contribution in [2.45, 2.75) is 52.9 Å². The monoisotopic (exact) mass is 301 g/mol. The van der Waals surface area contributed by atoms with Crippen molar-refractivity contribution >= 4 is 11.9 Å². The van der Waals surface area contributed by atoms with Crippen LogP contribution >= 0.6 is 11.9 Å². The summed E-state index contributed by atoms with van der Waals surface area (Å²) in [6.45, 7) is 8.29. The average molecular weight is 301 g/mol. The highest BCUT2D eigenvalue weighted by Crippen LogP contribution is 2.13. The van der Waals surface area contributed by atoms with Crippen molar-refractivity contribution < 1.29 is 9.94 Å². The third-order valence-electron chi connectivity index (χ3n) is 2.69. The molecular weight excluding hydrogens is 270 g/mol. The van der Waals surface area contributed by atoms with Crippen LogP contribution in [0.1, 0.15) is 52.9 Å². The second kappa shape index (κ2) is 15.1. The topological polar surface area (TPSA) is 32.7 Å². The van der Waals surface area contributed by atoms with Gasteiger partial charge in [0, 0.05) is 18.9 Å². The predicted octanol–water partition coefficient (Wildman–Crippen LogP) is 4.84. The van der Waals surface area contributed by atoms with Crippen LogP contribution in [-0.2, 0) is 4.74 Å². The average Bonchev–Trinajstić information content (AvgIpc) is 2.51. The van der Waals surface area contributed by atoms with Gasteiger partial charge < -0.3 is 9.94 Å². The Balaban J connectivity index is 0.00000172. The summed E-state index contributed by atoms with van der Waals surface area (Å²) in [7, 11) is 0. The van der Waals surface area contributed by atoms with Crippen LogP contribution < -0.4 is 0 Å². The fourth-order valence-corrected chi connectivity index (χ4v) is 2.36. The maximum absolute atomic E-state index is 9.46. The number of ether oxygens (including phenoxy) is 1. The highest BCUT2D eigenvalue weighted by Gasteiger charge is 2.01. The van der Waals surface area contributed by atoms with E-state index in [1.54, 1.807) is 0 Å². The molecule has 0 heterocycles. The van der Waals surface area contributed by atoms with E-state index in [0.29, 0.717) is 6.54 Å². The summed E-state index contributed by atoms with van der Waals surface area (Å²) in [5, 5.41) is 9.46. The van der Waals surface area contributed by atoms with E-state index < -0.39 is 0 Å². The Hall–Kier alpha value is -0.290. The van der Waals surface area contributed by atoms with Gasteiger partial charge in [0.15, 0.2) is 0 Å². The highest BCUT2D eigenvalue weighted by atomic mass is 32.2. The highest BCUT2D eigenvalue weighted by molar-refractivity contribution is 7.96. The summed E-state index contributed by atoms with van der Waals surface area (Å²) >= 11 is 1.48. The Morgan fingerprint density at radius 2 is 2.10 bits per heavy atom. The lowest BCUT2D eigenvalue weighted by Crippen LogP contribution is -2.14. The molecular formula is C16H31NO2S. The first-order valence-corrected chi connectivity index (χ1v) is 8.80. The molecule has 0 saturated heterocycles. The molecule has 1 aliphatic carbocycles. The van der Waals surface area contributed by atoms with Crippen molar-refractivity contribution in [2.24, 2.45) is 0 Å². The minimum Gasteiger partial charge on any atom is -0.381 e. The SMILES string of the molecule is CC.CCCSN(O)CCCOCCC1=CCCC=C1. The molecule has 3 nitrogen and oxygen atoms in total. The number of hydrogen-bond acceptors (Lipinski definition) is 4. The Morgan fingerprint density at radius 3 is 2.75 bits per heavy atom. The van der Waals surface area contributed by atoms with Gasteiger partial charge in [-0.1, -0.05) is 56.5 Å². The van der Waals surface area contributed by atoms with E-state index in [9.17, 15) is 5.21 Å². The van der Waals surface area contributed by atoms with Crippen molar-refractivity contribution in [3.05, 3.63) is 23.8 Å². The van der Waals surface area contributed by atoms with Gasteiger partial charge in [-0.05, 0) is 32.1 Å². The van der Waals surface area contributed by atoms with Crippen LogP contribution in [0.2, 0.25) is 0 Å². The summed E-state index contributed by atoms with van der Waals surface area (Å²) in [5.41, 5.74) is 1.39. The fraction of sp³-hybridized carbons (Fsp3) is 0.750. The van der Waals surface area contributed by atoms with Gasteiger partial charge in [0.2, 0.25) is 0 Å². The minimum atomic E-state index is 0.674. The van der Waals surface area contributed by atoms with E-state index in [4.69, 9.17) is 4.74 Å². The quantitative estimate of drug-likeness (QED) is 0.356. The van der Waals surface area contributed by atoms with E-state index in [0.717, 1.165) is 38.2 Å². The second-order valence-corrected chi connectivity index (χ2v) is 5.47. The zero-order valence-electron chi connectivity index (χ0n) is 13.3. The third kappa shape index (κ3) is 11.5. The zero-order chi connectivity index (χ0) is 15.1. The summed E-state index contributed by atoms with van der Waals surface area (Å²) in [5.74, 6) is 0.970. The van der Waals surface area contributed by atoms with E-state index >= 15 is 0 Å². The molecule has 0 radical (unpaired) electrons. The van der Waals surface area contributed by atoms with Crippen LogP contribution in [0.15, 0.2) is 23.8 Å². The molecule has 1 N–H and O–H groups in total. The van der Waals surface area contributed by atoms with Crippen molar-refractivity contribution in [1.82, 2.24) is 4.47 Å². The number of hydroxylamine groups is 1. The molecule has 0 spiro atoms. The van der Waals surface area contributed by atoms with Crippen molar-refractivity contribution in [3.63, 3.8) is 0 Å². The molecule has 0 aromatic rings. The van der Waals surface area contributed by atoms with Crippen molar-refractivity contribution in [1.29, 1.82) is 0 Å². The van der Waals surface area contributed by atoms with Gasteiger partial charge in [0.05, 0.1) is 6.61 Å². The molecule has 20 heavy (non-hydrogen) atoms. The molecule has 0 aromatic carbocycles. The summed E-state index contributed by atoms with van der Waals surface area (Å²) in [6, 6.07) is 0. The molecule has 0 aromatic heterocycles. The molecule has 1 rings (SSSR count). The summed E-state index contributed by atoms with van der Waals surface area (Å²) in [6.07, 6.45) is 12.0. The minimum absolute atomic E-state index is 0.674. The summed E-state index contributed by atoms with van der Waals surface area (Å²) < 4.78 is 6.89. The lowest BCUT2D eigenvalue weighted by Gasteiger charge is -2.13. The maximum atomic E-state index is 9.46. The van der Waals surface area contributed by atoms with Gasteiger partial charge >= 0.3 is 0 Å². The normalized spacial score (nSPS) is 13.9. The Kier molecular flexibility index (Phi) is 14.9. The molecule has 0 atom stereocenters. The Morgan fingerprint density at radius 1 is 1.30 bits per heavy atom. The molecule has 0 bridgehead atoms. The van der Waals surface area contributed by atoms with Crippen LogP contribution in [0.25, 0.3) is 0 Å². The van der Waals surface area contributed by atoms with Crippen LogP contribution in [-0.4, -0.2) is 35.2 Å². The number of rotatable bonds is 10. The molecule has 0 unspecified atom stereocenters. The largest absolute Gasteiger partial charge is 0.381 e. The van der Waals surface area contributed by atoms with Gasteiger partial charge in [-0.25, -0.2) is 0 Å². The van der Waals surface area contributed by atoms with E-state index in [2.05, 4.69) is 25.2 Å². The molecule has 0 fully saturated rings. The first kappa shape index (κ1) is 19.7. The number of nitrogens with zero attached hydrogens (tertiary/aromatic N) is 1. The maximum Gasteiger partial charge on any atom is 0.0506 e. The molecule has 0 saturated carbocycles. The Labute approximate surface area is 129 Å². The van der Waals surface area contributed by atoms with E-state index in [-0.39, 0.29) is 0 Å². The number of allylic oxidation sites excluding steroid dienone is 3. The van der Waals surface area contributed by atoms with E-state index in [1.165, 1.54) is 34.8 Å². The molecule has 0 aliphatic heterocycles. The first-order chi connectivity index (χ1) is 9.83. The van der Waals surface area contributed by atoms with Gasteiger partial charge in [-0.15, -0.1) is 4.47 Å². The first-order valence-electron chi connectivity index (χ1n) is 7.85. The predicted molar refractivity (Wildman–Crippen MR) is 89.1 cm³/mol. The molecule has 0 amide bonds.